The molecule has 3 aromatic rings. The minimum absolute atomic E-state index is 0.0690. The third-order valence-electron chi connectivity index (χ3n) is 5.38. The van der Waals surface area contributed by atoms with Crippen LogP contribution in [0.15, 0.2) is 48.5 Å². The number of hydrogen-bond acceptors (Lipinski definition) is 3. The number of halogens is 3. The van der Waals surface area contributed by atoms with Crippen LogP contribution in [0.5, 0.6) is 0 Å². The van der Waals surface area contributed by atoms with Crippen molar-refractivity contribution in [3.8, 4) is 0 Å². The van der Waals surface area contributed by atoms with Gasteiger partial charge in [-0.05, 0) is 49.6 Å². The summed E-state index contributed by atoms with van der Waals surface area (Å²) in [5.41, 5.74) is 4.24. The number of aryl methyl sites for hydroxylation is 3. The van der Waals surface area contributed by atoms with Gasteiger partial charge in [0.25, 0.3) is 5.91 Å². The second-order valence-electron chi connectivity index (χ2n) is 8.09. The Labute approximate surface area is 178 Å². The molecule has 2 heterocycles. The van der Waals surface area contributed by atoms with Gasteiger partial charge in [0.15, 0.2) is 11.7 Å². The zero-order valence-electron chi connectivity index (χ0n) is 17.4. The number of aromatic nitrogens is 2. The van der Waals surface area contributed by atoms with E-state index in [-0.39, 0.29) is 17.9 Å². The number of fused-ring (bicyclic) bond motifs is 1. The van der Waals surface area contributed by atoms with Crippen LogP contribution in [0.4, 0.5) is 24.7 Å². The van der Waals surface area contributed by atoms with E-state index in [1.807, 2.05) is 51.1 Å². The maximum absolute atomic E-state index is 13.8. The predicted octanol–water partition coefficient (Wildman–Crippen LogP) is 5.72. The average molecular weight is 428 g/mol. The van der Waals surface area contributed by atoms with Gasteiger partial charge < -0.3 is 10.6 Å². The second kappa shape index (κ2) is 7.76. The molecule has 0 saturated carbocycles. The molecule has 2 aromatic carbocycles. The smallest absolute Gasteiger partial charge is 0.363 e. The van der Waals surface area contributed by atoms with Crippen molar-refractivity contribution >= 4 is 17.4 Å². The van der Waals surface area contributed by atoms with E-state index in [4.69, 9.17) is 0 Å². The molecule has 2 N–H and O–H groups in total. The molecule has 5 nitrogen and oxygen atoms in total. The molecule has 0 radical (unpaired) electrons. The van der Waals surface area contributed by atoms with Crippen LogP contribution in [0.25, 0.3) is 0 Å². The fourth-order valence-corrected chi connectivity index (χ4v) is 3.94. The van der Waals surface area contributed by atoms with Gasteiger partial charge in [-0.3, -0.25) is 4.79 Å². The summed E-state index contributed by atoms with van der Waals surface area (Å²) < 4.78 is 42.4. The first-order chi connectivity index (χ1) is 14.6. The molecular formula is C23H23F3N4O. The van der Waals surface area contributed by atoms with E-state index in [1.165, 1.54) is 6.07 Å². The highest BCUT2D eigenvalue weighted by Crippen LogP contribution is 2.43. The summed E-state index contributed by atoms with van der Waals surface area (Å²) in [4.78, 5) is 12.7. The van der Waals surface area contributed by atoms with Crippen LogP contribution >= 0.6 is 0 Å². The molecule has 162 valence electrons. The minimum atomic E-state index is -4.49. The quantitative estimate of drug-likeness (QED) is 0.561. The van der Waals surface area contributed by atoms with Crippen LogP contribution in [-0.4, -0.2) is 21.9 Å². The van der Waals surface area contributed by atoms with E-state index in [2.05, 4.69) is 15.7 Å². The van der Waals surface area contributed by atoms with Crippen molar-refractivity contribution in [2.75, 3.05) is 10.6 Å². The standard InChI is InChI=1S/C23H23F3N4O/c1-13-4-6-16(7-5-13)18-11-20(23(24,25)26)30-21(28-18)12-19(29-30)22(31)27-17-9-14(2)8-15(3)10-17/h4-10,12,18,20,28H,11H2,1-3H3,(H,27,31)/t18-,20-/m1/s1. The lowest BCUT2D eigenvalue weighted by Gasteiger charge is -2.33. The predicted molar refractivity (Wildman–Crippen MR) is 113 cm³/mol. The highest BCUT2D eigenvalue weighted by Gasteiger charge is 2.46. The van der Waals surface area contributed by atoms with Crippen LogP contribution in [0.2, 0.25) is 0 Å². The lowest BCUT2D eigenvalue weighted by atomic mass is 9.96. The van der Waals surface area contributed by atoms with Gasteiger partial charge in [0, 0.05) is 18.2 Å². The SMILES string of the molecule is Cc1ccc([C@H]2C[C@H](C(F)(F)F)n3nc(C(=O)Nc4cc(C)cc(C)c4)cc3N2)cc1. The number of carbonyl (C=O) groups excluding carboxylic acids is 1. The van der Waals surface area contributed by atoms with Crippen molar-refractivity contribution in [1.29, 1.82) is 0 Å². The molecule has 2 atom stereocenters. The lowest BCUT2D eigenvalue weighted by Crippen LogP contribution is -2.35. The van der Waals surface area contributed by atoms with Crippen molar-refractivity contribution < 1.29 is 18.0 Å². The zero-order valence-corrected chi connectivity index (χ0v) is 17.4. The number of benzene rings is 2. The van der Waals surface area contributed by atoms with Crippen LogP contribution < -0.4 is 10.6 Å². The molecule has 1 aliphatic rings. The first kappa shape index (κ1) is 21.0. The number of nitrogens with one attached hydrogen (secondary N) is 2. The van der Waals surface area contributed by atoms with Crippen molar-refractivity contribution in [3.05, 3.63) is 76.5 Å². The second-order valence-corrected chi connectivity index (χ2v) is 8.09. The molecule has 0 spiro atoms. The van der Waals surface area contributed by atoms with E-state index in [1.54, 1.807) is 12.1 Å². The van der Waals surface area contributed by atoms with Gasteiger partial charge in [0.2, 0.25) is 0 Å². The number of anilines is 2. The molecule has 1 aliphatic heterocycles. The van der Waals surface area contributed by atoms with Gasteiger partial charge in [-0.15, -0.1) is 0 Å². The average Bonchev–Trinajstić information content (AvgIpc) is 3.10. The van der Waals surface area contributed by atoms with Crippen LogP contribution in [0.1, 0.15) is 51.2 Å². The van der Waals surface area contributed by atoms with E-state index >= 15 is 0 Å². The van der Waals surface area contributed by atoms with Gasteiger partial charge >= 0.3 is 6.18 Å². The van der Waals surface area contributed by atoms with Gasteiger partial charge in [0.1, 0.15) is 5.82 Å². The summed E-state index contributed by atoms with van der Waals surface area (Å²) in [7, 11) is 0. The first-order valence-electron chi connectivity index (χ1n) is 9.99. The number of hydrogen-bond donors (Lipinski definition) is 2. The molecule has 0 aliphatic carbocycles. The largest absolute Gasteiger partial charge is 0.410 e. The van der Waals surface area contributed by atoms with E-state index in [0.29, 0.717) is 5.69 Å². The molecule has 0 bridgehead atoms. The highest BCUT2D eigenvalue weighted by molar-refractivity contribution is 6.03. The molecule has 8 heteroatoms. The topological polar surface area (TPSA) is 59.0 Å². The number of nitrogens with zero attached hydrogens (tertiary/aromatic N) is 2. The Morgan fingerprint density at radius 1 is 1.03 bits per heavy atom. The maximum atomic E-state index is 13.8. The number of amides is 1. The fraction of sp³-hybridized carbons (Fsp3) is 0.304. The number of carbonyl (C=O) groups is 1. The van der Waals surface area contributed by atoms with Crippen LogP contribution in [0, 0.1) is 20.8 Å². The summed E-state index contributed by atoms with van der Waals surface area (Å²) in [6, 6.07) is 12.0. The molecular weight excluding hydrogens is 405 g/mol. The Morgan fingerprint density at radius 3 is 2.29 bits per heavy atom. The Hall–Kier alpha value is -3.29. The molecule has 4 rings (SSSR count). The first-order valence-corrected chi connectivity index (χ1v) is 9.99. The number of rotatable bonds is 3. The minimum Gasteiger partial charge on any atom is -0.363 e. The molecule has 1 aromatic heterocycles. The maximum Gasteiger partial charge on any atom is 0.410 e. The number of alkyl halides is 3. The van der Waals surface area contributed by atoms with Crippen molar-refractivity contribution in [1.82, 2.24) is 9.78 Å². The van der Waals surface area contributed by atoms with Crippen LogP contribution in [-0.2, 0) is 0 Å². The van der Waals surface area contributed by atoms with Gasteiger partial charge in [0.05, 0.1) is 6.04 Å². The highest BCUT2D eigenvalue weighted by atomic mass is 19.4. The van der Waals surface area contributed by atoms with Crippen molar-refractivity contribution in [2.45, 2.75) is 45.5 Å². The summed E-state index contributed by atoms with van der Waals surface area (Å²) in [6.07, 6.45) is -4.70. The van der Waals surface area contributed by atoms with Crippen LogP contribution in [0.3, 0.4) is 0 Å². The molecule has 0 unspecified atom stereocenters. The van der Waals surface area contributed by atoms with E-state index in [9.17, 15) is 18.0 Å². The Kier molecular flexibility index (Phi) is 5.24. The van der Waals surface area contributed by atoms with Gasteiger partial charge in [-0.25, -0.2) is 4.68 Å². The van der Waals surface area contributed by atoms with Crippen molar-refractivity contribution in [3.63, 3.8) is 0 Å². The van der Waals surface area contributed by atoms with Gasteiger partial charge in [-0.2, -0.15) is 18.3 Å². The van der Waals surface area contributed by atoms with E-state index in [0.717, 1.165) is 26.9 Å². The summed E-state index contributed by atoms with van der Waals surface area (Å²) in [5, 5.41) is 9.84. The van der Waals surface area contributed by atoms with Crippen molar-refractivity contribution in [2.24, 2.45) is 0 Å². The summed E-state index contributed by atoms with van der Waals surface area (Å²) in [5.74, 6) is -0.383. The molecule has 0 saturated heterocycles. The third kappa shape index (κ3) is 4.42. The normalized spacial score (nSPS) is 18.3. The summed E-state index contributed by atoms with van der Waals surface area (Å²) in [6.45, 7) is 5.73. The third-order valence-corrected chi connectivity index (χ3v) is 5.38. The lowest BCUT2D eigenvalue weighted by molar-refractivity contribution is -0.173. The molecule has 0 fully saturated rings. The molecule has 1 amide bonds. The zero-order chi connectivity index (χ0) is 22.3. The Balaban J connectivity index is 1.64. The fourth-order valence-electron chi connectivity index (χ4n) is 3.94. The Morgan fingerprint density at radius 2 is 1.68 bits per heavy atom. The monoisotopic (exact) mass is 428 g/mol. The van der Waals surface area contributed by atoms with E-state index < -0.39 is 24.2 Å². The van der Waals surface area contributed by atoms with Gasteiger partial charge in [-0.1, -0.05) is 35.9 Å². The summed E-state index contributed by atoms with van der Waals surface area (Å²) >= 11 is 0. The Bertz CT molecular complexity index is 1100. The molecule has 31 heavy (non-hydrogen) atoms.